The second-order valence-corrected chi connectivity index (χ2v) is 2.32. The zero-order valence-corrected chi connectivity index (χ0v) is 6.42. The van der Waals surface area contributed by atoms with Crippen molar-refractivity contribution in [2.45, 2.75) is 6.92 Å². The number of hydrogen-bond acceptors (Lipinski definition) is 3. The van der Waals surface area contributed by atoms with Crippen molar-refractivity contribution in [1.82, 2.24) is 9.97 Å². The van der Waals surface area contributed by atoms with Crippen molar-refractivity contribution in [1.29, 1.82) is 0 Å². The van der Waals surface area contributed by atoms with E-state index in [1.807, 2.05) is 25.9 Å². The zero-order chi connectivity index (χ0) is 7.56. The molecule has 0 fully saturated rings. The summed E-state index contributed by atoms with van der Waals surface area (Å²) in [6, 6.07) is 0. The minimum atomic E-state index is 0.825. The Morgan fingerprint density at radius 2 is 2.20 bits per heavy atom. The van der Waals surface area contributed by atoms with E-state index in [4.69, 9.17) is 0 Å². The van der Waals surface area contributed by atoms with Crippen molar-refractivity contribution in [3.05, 3.63) is 18.1 Å². The van der Waals surface area contributed by atoms with Crippen LogP contribution in [-0.4, -0.2) is 24.1 Å². The van der Waals surface area contributed by atoms with Crippen LogP contribution in [0.25, 0.3) is 0 Å². The third-order valence-corrected chi connectivity index (χ3v) is 1.15. The second kappa shape index (κ2) is 2.64. The lowest BCUT2D eigenvalue weighted by Gasteiger charge is -2.09. The molecule has 1 rings (SSSR count). The molecule has 0 aromatic carbocycles. The van der Waals surface area contributed by atoms with Gasteiger partial charge in [0, 0.05) is 14.1 Å². The predicted octanol–water partition coefficient (Wildman–Crippen LogP) is 0.651. The first-order valence-corrected chi connectivity index (χ1v) is 3.09. The third kappa shape index (κ3) is 1.43. The van der Waals surface area contributed by atoms with E-state index in [0.29, 0.717) is 0 Å². The fraction of sp³-hybridized carbons (Fsp3) is 0.429. The van der Waals surface area contributed by atoms with Crippen molar-refractivity contribution >= 4 is 5.82 Å². The molecule has 1 radical (unpaired) electrons. The highest BCUT2D eigenvalue weighted by atomic mass is 15.1. The Morgan fingerprint density at radius 3 is 2.60 bits per heavy atom. The predicted molar refractivity (Wildman–Crippen MR) is 39.9 cm³/mol. The number of aromatic nitrogens is 2. The molecule has 53 valence electrons. The van der Waals surface area contributed by atoms with Gasteiger partial charge in [-0.15, -0.1) is 0 Å². The van der Waals surface area contributed by atoms with Gasteiger partial charge in [0.1, 0.15) is 12.0 Å². The van der Waals surface area contributed by atoms with Crippen molar-refractivity contribution in [3.63, 3.8) is 0 Å². The molecule has 0 aliphatic heterocycles. The molecule has 3 heteroatoms. The number of hydrogen-bond donors (Lipinski definition) is 0. The maximum atomic E-state index is 4.18. The standard InChI is InChI=1S/C7H10N3/c1-6-4-8-5-7(9-6)10(2)3/h5H,1-3H3. The highest BCUT2D eigenvalue weighted by Crippen LogP contribution is 2.02. The maximum Gasteiger partial charge on any atom is 0.146 e. The maximum absolute atomic E-state index is 4.18. The number of anilines is 1. The Kier molecular flexibility index (Phi) is 1.85. The van der Waals surface area contributed by atoms with Crippen molar-refractivity contribution in [2.24, 2.45) is 0 Å². The molecule has 0 unspecified atom stereocenters. The van der Waals surface area contributed by atoms with Crippen LogP contribution in [0, 0.1) is 13.1 Å². The van der Waals surface area contributed by atoms with E-state index in [-0.39, 0.29) is 0 Å². The van der Waals surface area contributed by atoms with Gasteiger partial charge in [-0.1, -0.05) is 0 Å². The van der Waals surface area contributed by atoms with Crippen LogP contribution in [0.4, 0.5) is 5.82 Å². The minimum absolute atomic E-state index is 0.825. The van der Waals surface area contributed by atoms with Gasteiger partial charge in [0.05, 0.1) is 11.9 Å². The van der Waals surface area contributed by atoms with Crippen LogP contribution in [0.2, 0.25) is 0 Å². The molecule has 0 spiro atoms. The van der Waals surface area contributed by atoms with Gasteiger partial charge in [0.25, 0.3) is 0 Å². The normalized spacial score (nSPS) is 9.50. The Hall–Kier alpha value is -1.12. The summed E-state index contributed by atoms with van der Waals surface area (Å²) in [5.41, 5.74) is 0.825. The summed E-state index contributed by atoms with van der Waals surface area (Å²) < 4.78 is 0. The fourth-order valence-electron chi connectivity index (χ4n) is 0.625. The quantitative estimate of drug-likeness (QED) is 0.567. The molecule has 0 amide bonds. The summed E-state index contributed by atoms with van der Waals surface area (Å²) in [7, 11) is 3.87. The van der Waals surface area contributed by atoms with Crippen molar-refractivity contribution < 1.29 is 0 Å². The summed E-state index contributed by atoms with van der Waals surface area (Å²) in [4.78, 5) is 9.97. The molecule has 0 atom stereocenters. The zero-order valence-electron chi connectivity index (χ0n) is 6.42. The van der Waals surface area contributed by atoms with Crippen molar-refractivity contribution in [3.8, 4) is 0 Å². The molecular formula is C7H10N3. The third-order valence-electron chi connectivity index (χ3n) is 1.15. The molecule has 3 nitrogen and oxygen atoms in total. The number of aryl methyl sites for hydroxylation is 1. The van der Waals surface area contributed by atoms with Crippen LogP contribution < -0.4 is 4.90 Å². The van der Waals surface area contributed by atoms with E-state index in [0.717, 1.165) is 11.5 Å². The van der Waals surface area contributed by atoms with Gasteiger partial charge in [-0.05, 0) is 6.92 Å². The summed E-state index contributed by atoms with van der Waals surface area (Å²) in [6.45, 7) is 1.88. The largest absolute Gasteiger partial charge is 0.361 e. The molecule has 0 N–H and O–H groups in total. The molecule has 1 heterocycles. The Bertz CT molecular complexity index is 220. The van der Waals surface area contributed by atoms with Crippen LogP contribution >= 0.6 is 0 Å². The fourth-order valence-corrected chi connectivity index (χ4v) is 0.625. The molecule has 0 saturated heterocycles. The highest BCUT2D eigenvalue weighted by molar-refractivity contribution is 5.32. The lowest BCUT2D eigenvalue weighted by molar-refractivity contribution is 1.01. The van der Waals surface area contributed by atoms with Crippen molar-refractivity contribution in [2.75, 3.05) is 19.0 Å². The second-order valence-electron chi connectivity index (χ2n) is 2.32. The topological polar surface area (TPSA) is 29.0 Å². The van der Waals surface area contributed by atoms with Crippen LogP contribution in [-0.2, 0) is 0 Å². The van der Waals surface area contributed by atoms with Crippen LogP contribution in [0.1, 0.15) is 5.69 Å². The molecule has 1 aromatic rings. The molecule has 1 aromatic heterocycles. The lowest BCUT2D eigenvalue weighted by atomic mass is 10.5. The van der Waals surface area contributed by atoms with Gasteiger partial charge in [0.15, 0.2) is 0 Å². The Morgan fingerprint density at radius 1 is 1.50 bits per heavy atom. The molecule has 0 aliphatic carbocycles. The summed E-state index contributed by atoms with van der Waals surface area (Å²) in [5.74, 6) is 0.872. The number of nitrogens with zero attached hydrogens (tertiary/aromatic N) is 3. The highest BCUT2D eigenvalue weighted by Gasteiger charge is 1.95. The van der Waals surface area contributed by atoms with Gasteiger partial charge in [-0.25, -0.2) is 9.97 Å². The molecule has 0 saturated carbocycles. The van der Waals surface area contributed by atoms with Gasteiger partial charge in [-0.2, -0.15) is 0 Å². The van der Waals surface area contributed by atoms with Crippen LogP contribution in [0.5, 0.6) is 0 Å². The van der Waals surface area contributed by atoms with E-state index in [9.17, 15) is 0 Å². The van der Waals surface area contributed by atoms with E-state index >= 15 is 0 Å². The summed E-state index contributed by atoms with van der Waals surface area (Å²) >= 11 is 0. The Balaban J connectivity index is 2.96. The van der Waals surface area contributed by atoms with Crippen LogP contribution in [0.15, 0.2) is 6.20 Å². The van der Waals surface area contributed by atoms with Crippen LogP contribution in [0.3, 0.4) is 0 Å². The minimum Gasteiger partial charge on any atom is -0.361 e. The van der Waals surface area contributed by atoms with Gasteiger partial charge in [-0.3, -0.25) is 0 Å². The summed E-state index contributed by atoms with van der Waals surface area (Å²) in [6.07, 6.45) is 4.43. The average Bonchev–Trinajstić information content (AvgIpc) is 1.88. The SMILES string of the molecule is Cc1[c]ncc(N(C)C)n1. The smallest absolute Gasteiger partial charge is 0.146 e. The van der Waals surface area contributed by atoms with E-state index in [1.54, 1.807) is 6.20 Å². The molecule has 10 heavy (non-hydrogen) atoms. The van der Waals surface area contributed by atoms with Gasteiger partial charge < -0.3 is 4.90 Å². The lowest BCUT2D eigenvalue weighted by Crippen LogP contribution is -2.11. The Labute approximate surface area is 60.7 Å². The first-order valence-electron chi connectivity index (χ1n) is 3.09. The molecular weight excluding hydrogens is 126 g/mol. The van der Waals surface area contributed by atoms with E-state index < -0.39 is 0 Å². The molecule has 0 bridgehead atoms. The van der Waals surface area contributed by atoms with E-state index in [1.165, 1.54) is 0 Å². The van der Waals surface area contributed by atoms with E-state index in [2.05, 4.69) is 16.2 Å². The first-order chi connectivity index (χ1) is 4.70. The van der Waals surface area contributed by atoms with Gasteiger partial charge >= 0.3 is 0 Å². The van der Waals surface area contributed by atoms with Gasteiger partial charge in [0.2, 0.25) is 0 Å². The molecule has 0 aliphatic rings. The monoisotopic (exact) mass is 136 g/mol. The first kappa shape index (κ1) is 6.99. The summed E-state index contributed by atoms with van der Waals surface area (Å²) in [5, 5.41) is 0. The number of rotatable bonds is 1. The average molecular weight is 136 g/mol.